The van der Waals surface area contributed by atoms with E-state index >= 15 is 0 Å². The van der Waals surface area contributed by atoms with Crippen molar-refractivity contribution in [3.8, 4) is 5.75 Å². The number of hydrogen-bond donors (Lipinski definition) is 2. The van der Waals surface area contributed by atoms with E-state index in [9.17, 15) is 4.79 Å². The molecule has 4 heteroatoms. The second-order valence-electron chi connectivity index (χ2n) is 4.98. The van der Waals surface area contributed by atoms with Gasteiger partial charge in [0.15, 0.2) is 0 Å². The van der Waals surface area contributed by atoms with Gasteiger partial charge in [-0.3, -0.25) is 4.79 Å². The Morgan fingerprint density at radius 1 is 1.05 bits per heavy atom. The molecular weight excluding hydrogens is 266 g/mol. The largest absolute Gasteiger partial charge is 0.489 e. The minimum absolute atomic E-state index is 0.0216. The van der Waals surface area contributed by atoms with Crippen molar-refractivity contribution < 1.29 is 14.6 Å². The minimum Gasteiger partial charge on any atom is -0.489 e. The summed E-state index contributed by atoms with van der Waals surface area (Å²) in [4.78, 5) is 10.6. The van der Waals surface area contributed by atoms with Crippen LogP contribution in [0.15, 0.2) is 54.6 Å². The number of ether oxygens (including phenoxy) is 1. The highest BCUT2D eigenvalue weighted by Crippen LogP contribution is 2.15. The molecule has 110 valence electrons. The van der Waals surface area contributed by atoms with Crippen LogP contribution < -0.4 is 10.5 Å². The SMILES string of the molecule is N[C@H](CC(=O)O)Cc1ccc(OCc2ccccc2)cc1. The van der Waals surface area contributed by atoms with E-state index in [2.05, 4.69) is 0 Å². The molecule has 2 aromatic carbocycles. The number of carboxylic acid groups (broad SMARTS) is 1. The van der Waals surface area contributed by atoms with Crippen molar-refractivity contribution in [1.82, 2.24) is 0 Å². The molecule has 2 aromatic rings. The lowest BCUT2D eigenvalue weighted by atomic mass is 10.0. The lowest BCUT2D eigenvalue weighted by molar-refractivity contribution is -0.137. The van der Waals surface area contributed by atoms with E-state index in [0.717, 1.165) is 16.9 Å². The smallest absolute Gasteiger partial charge is 0.304 e. The number of carbonyl (C=O) groups is 1. The first-order valence-electron chi connectivity index (χ1n) is 6.86. The van der Waals surface area contributed by atoms with Crippen molar-refractivity contribution in [2.24, 2.45) is 5.73 Å². The van der Waals surface area contributed by atoms with Crippen LogP contribution in [-0.4, -0.2) is 17.1 Å². The van der Waals surface area contributed by atoms with Crippen molar-refractivity contribution in [3.63, 3.8) is 0 Å². The predicted octanol–water partition coefficient (Wildman–Crippen LogP) is 2.61. The average Bonchev–Trinajstić information content (AvgIpc) is 2.47. The second kappa shape index (κ2) is 7.45. The monoisotopic (exact) mass is 285 g/mol. The second-order valence-corrected chi connectivity index (χ2v) is 4.98. The molecule has 0 aliphatic carbocycles. The number of benzene rings is 2. The van der Waals surface area contributed by atoms with Gasteiger partial charge < -0.3 is 15.6 Å². The van der Waals surface area contributed by atoms with Gasteiger partial charge in [0.25, 0.3) is 0 Å². The molecule has 2 rings (SSSR count). The number of rotatable bonds is 7. The minimum atomic E-state index is -0.870. The van der Waals surface area contributed by atoms with Gasteiger partial charge in [-0.25, -0.2) is 0 Å². The number of hydrogen-bond acceptors (Lipinski definition) is 3. The third-order valence-electron chi connectivity index (χ3n) is 3.11. The van der Waals surface area contributed by atoms with Gasteiger partial charge in [-0.15, -0.1) is 0 Å². The quantitative estimate of drug-likeness (QED) is 0.820. The zero-order chi connectivity index (χ0) is 15.1. The highest BCUT2D eigenvalue weighted by Gasteiger charge is 2.08. The Morgan fingerprint density at radius 3 is 2.33 bits per heavy atom. The molecule has 1 atom stereocenters. The van der Waals surface area contributed by atoms with Crippen LogP contribution in [0.25, 0.3) is 0 Å². The van der Waals surface area contributed by atoms with Crippen LogP contribution in [-0.2, 0) is 17.8 Å². The van der Waals surface area contributed by atoms with Crippen LogP contribution in [0.5, 0.6) is 5.75 Å². The molecule has 0 radical (unpaired) electrons. The normalized spacial score (nSPS) is 11.9. The van der Waals surface area contributed by atoms with Crippen molar-refractivity contribution in [3.05, 3.63) is 65.7 Å². The molecule has 21 heavy (non-hydrogen) atoms. The third kappa shape index (κ3) is 5.28. The van der Waals surface area contributed by atoms with Crippen LogP contribution >= 0.6 is 0 Å². The van der Waals surface area contributed by atoms with Crippen molar-refractivity contribution in [1.29, 1.82) is 0 Å². The summed E-state index contributed by atoms with van der Waals surface area (Å²) in [6, 6.07) is 17.2. The molecule has 0 aliphatic rings. The Bertz CT molecular complexity index is 566. The molecule has 0 fully saturated rings. The first kappa shape index (κ1) is 15.1. The Balaban J connectivity index is 1.85. The van der Waals surface area contributed by atoms with E-state index in [1.165, 1.54) is 0 Å². The molecule has 0 aromatic heterocycles. The van der Waals surface area contributed by atoms with Gasteiger partial charge in [0.2, 0.25) is 0 Å². The van der Waals surface area contributed by atoms with Crippen LogP contribution in [0, 0.1) is 0 Å². The van der Waals surface area contributed by atoms with Crippen molar-refractivity contribution >= 4 is 5.97 Å². The van der Waals surface area contributed by atoms with Gasteiger partial charge in [0.05, 0.1) is 6.42 Å². The Hall–Kier alpha value is -2.33. The fraction of sp³-hybridized carbons (Fsp3) is 0.235. The molecule has 0 unspecified atom stereocenters. The third-order valence-corrected chi connectivity index (χ3v) is 3.11. The number of nitrogens with two attached hydrogens (primary N) is 1. The van der Waals surface area contributed by atoms with Crippen molar-refractivity contribution in [2.75, 3.05) is 0 Å². The summed E-state index contributed by atoms with van der Waals surface area (Å²) < 4.78 is 5.69. The standard InChI is InChI=1S/C17H19NO3/c18-15(11-17(19)20)10-13-6-8-16(9-7-13)21-12-14-4-2-1-3-5-14/h1-9,15H,10-12,18H2,(H,19,20)/t15-/m0/s1. The first-order chi connectivity index (χ1) is 10.1. The summed E-state index contributed by atoms with van der Waals surface area (Å²) in [5, 5.41) is 8.68. The fourth-order valence-electron chi connectivity index (χ4n) is 2.06. The lowest BCUT2D eigenvalue weighted by Crippen LogP contribution is -2.26. The summed E-state index contributed by atoms with van der Waals surface area (Å²) in [6.07, 6.45) is 0.525. The first-order valence-corrected chi connectivity index (χ1v) is 6.86. The number of carboxylic acids is 1. The molecule has 0 amide bonds. The molecule has 0 saturated carbocycles. The maximum Gasteiger partial charge on any atom is 0.304 e. The number of aliphatic carboxylic acids is 1. The average molecular weight is 285 g/mol. The van der Waals surface area contributed by atoms with Crippen LogP contribution in [0.4, 0.5) is 0 Å². The maximum absolute atomic E-state index is 10.6. The molecular formula is C17H19NO3. The van der Waals surface area contributed by atoms with E-state index in [-0.39, 0.29) is 12.5 Å². The molecule has 4 nitrogen and oxygen atoms in total. The highest BCUT2D eigenvalue weighted by molar-refractivity contribution is 5.67. The van der Waals surface area contributed by atoms with E-state index in [1.807, 2.05) is 54.6 Å². The Kier molecular flexibility index (Phi) is 5.35. The lowest BCUT2D eigenvalue weighted by Gasteiger charge is -2.10. The zero-order valence-electron chi connectivity index (χ0n) is 11.7. The summed E-state index contributed by atoms with van der Waals surface area (Å²) in [5.41, 5.74) is 7.89. The highest BCUT2D eigenvalue weighted by atomic mass is 16.5. The van der Waals surface area contributed by atoms with E-state index < -0.39 is 5.97 Å². The fourth-order valence-corrected chi connectivity index (χ4v) is 2.06. The maximum atomic E-state index is 10.6. The van der Waals surface area contributed by atoms with E-state index in [1.54, 1.807) is 0 Å². The molecule has 0 spiro atoms. The van der Waals surface area contributed by atoms with Gasteiger partial charge in [0.1, 0.15) is 12.4 Å². The van der Waals surface area contributed by atoms with E-state index in [4.69, 9.17) is 15.6 Å². The summed E-state index contributed by atoms with van der Waals surface area (Å²) in [7, 11) is 0. The van der Waals surface area contributed by atoms with Gasteiger partial charge in [-0.1, -0.05) is 42.5 Å². The van der Waals surface area contributed by atoms with Gasteiger partial charge in [-0.2, -0.15) is 0 Å². The molecule has 0 heterocycles. The Labute approximate surface area is 124 Å². The van der Waals surface area contributed by atoms with Gasteiger partial charge >= 0.3 is 5.97 Å². The van der Waals surface area contributed by atoms with Crippen LogP contribution in [0.1, 0.15) is 17.5 Å². The zero-order valence-corrected chi connectivity index (χ0v) is 11.7. The van der Waals surface area contributed by atoms with Crippen molar-refractivity contribution in [2.45, 2.75) is 25.5 Å². The molecule has 0 bridgehead atoms. The van der Waals surface area contributed by atoms with Crippen LogP contribution in [0.2, 0.25) is 0 Å². The summed E-state index contributed by atoms with van der Waals surface area (Å²) in [5.74, 6) is -0.0836. The summed E-state index contributed by atoms with van der Waals surface area (Å²) >= 11 is 0. The van der Waals surface area contributed by atoms with E-state index in [0.29, 0.717) is 13.0 Å². The van der Waals surface area contributed by atoms with Gasteiger partial charge in [0, 0.05) is 6.04 Å². The Morgan fingerprint density at radius 2 is 1.71 bits per heavy atom. The molecule has 3 N–H and O–H groups in total. The molecule has 0 aliphatic heterocycles. The summed E-state index contributed by atoms with van der Waals surface area (Å²) in [6.45, 7) is 0.527. The van der Waals surface area contributed by atoms with Gasteiger partial charge in [-0.05, 0) is 29.7 Å². The molecule has 0 saturated heterocycles. The topological polar surface area (TPSA) is 72.6 Å². The predicted molar refractivity (Wildman–Crippen MR) is 81.1 cm³/mol. The van der Waals surface area contributed by atoms with Crippen LogP contribution in [0.3, 0.4) is 0 Å².